The third-order valence-electron chi connectivity index (χ3n) is 5.72. The standard InChI is InChI=1S/C11H16.C8H12S.C8H16.CH4/c1-8(2)11-6-5-9(3)7-10(11)4;1-6(2)8-5-4-7(3)9-8;1-7(2)8-5-3-4-6-8;/h5-8H,1-4H3;4-6H,1-3H3;7-8H,3-6H2,1-2H3;1H4. The lowest BCUT2D eigenvalue weighted by atomic mass is 9.95. The Bertz CT molecular complexity index is 669. The molecule has 0 radical (unpaired) electrons. The number of thiophene rings is 1. The predicted molar refractivity (Wildman–Crippen MR) is 137 cm³/mol. The van der Waals surface area contributed by atoms with Crippen molar-refractivity contribution in [3.05, 3.63) is 56.8 Å². The van der Waals surface area contributed by atoms with Crippen LogP contribution in [0.2, 0.25) is 0 Å². The Labute approximate surface area is 187 Å². The number of rotatable bonds is 3. The van der Waals surface area contributed by atoms with E-state index in [1.807, 2.05) is 11.3 Å². The second-order valence-corrected chi connectivity index (χ2v) is 10.7. The van der Waals surface area contributed by atoms with Crippen molar-refractivity contribution in [3.8, 4) is 0 Å². The van der Waals surface area contributed by atoms with Crippen LogP contribution in [0.25, 0.3) is 0 Å². The van der Waals surface area contributed by atoms with E-state index in [0.29, 0.717) is 11.8 Å². The average Bonchev–Trinajstić information content (AvgIpc) is 3.27. The molecule has 1 heterocycles. The Morgan fingerprint density at radius 3 is 1.69 bits per heavy atom. The van der Waals surface area contributed by atoms with Gasteiger partial charge in [0.05, 0.1) is 0 Å². The number of hydrogen-bond donors (Lipinski definition) is 0. The Balaban J connectivity index is 0.000000404. The zero-order valence-electron chi connectivity index (χ0n) is 19.9. The molecule has 1 aliphatic rings. The van der Waals surface area contributed by atoms with E-state index in [2.05, 4.69) is 92.6 Å². The highest BCUT2D eigenvalue weighted by Gasteiger charge is 2.17. The highest BCUT2D eigenvalue weighted by molar-refractivity contribution is 7.12. The molecular weight excluding hydrogens is 368 g/mol. The van der Waals surface area contributed by atoms with E-state index in [9.17, 15) is 0 Å². The molecule has 3 rings (SSSR count). The molecular formula is C28H48S. The molecule has 29 heavy (non-hydrogen) atoms. The monoisotopic (exact) mass is 416 g/mol. The summed E-state index contributed by atoms with van der Waals surface area (Å²) >= 11 is 1.90. The number of aryl methyl sites for hydroxylation is 3. The molecule has 1 aliphatic carbocycles. The van der Waals surface area contributed by atoms with Crippen LogP contribution in [0.1, 0.15) is 113 Å². The molecule has 0 unspecified atom stereocenters. The van der Waals surface area contributed by atoms with Crippen molar-refractivity contribution < 1.29 is 0 Å². The van der Waals surface area contributed by atoms with Gasteiger partial charge in [0.1, 0.15) is 0 Å². The van der Waals surface area contributed by atoms with Gasteiger partial charge in [0.15, 0.2) is 0 Å². The van der Waals surface area contributed by atoms with Gasteiger partial charge >= 0.3 is 0 Å². The third-order valence-corrected chi connectivity index (χ3v) is 7.02. The minimum atomic E-state index is 0. The van der Waals surface area contributed by atoms with Gasteiger partial charge in [-0.15, -0.1) is 11.3 Å². The first-order valence-corrected chi connectivity index (χ1v) is 12.1. The zero-order chi connectivity index (χ0) is 21.3. The summed E-state index contributed by atoms with van der Waals surface area (Å²) in [7, 11) is 0. The molecule has 0 aliphatic heterocycles. The van der Waals surface area contributed by atoms with E-state index in [4.69, 9.17) is 0 Å². The summed E-state index contributed by atoms with van der Waals surface area (Å²) in [6.45, 7) is 20.1. The smallest absolute Gasteiger partial charge is 0.00735 e. The molecule has 0 atom stereocenters. The highest BCUT2D eigenvalue weighted by Crippen LogP contribution is 2.30. The predicted octanol–water partition coefficient (Wildman–Crippen LogP) is 10.1. The SMILES string of the molecule is C.CC(C)C1CCCC1.Cc1ccc(C(C)C)c(C)c1.Cc1ccc(C(C)C)s1. The van der Waals surface area contributed by atoms with Crippen molar-refractivity contribution >= 4 is 11.3 Å². The molecule has 0 amide bonds. The lowest BCUT2D eigenvalue weighted by molar-refractivity contribution is 0.396. The van der Waals surface area contributed by atoms with E-state index in [1.165, 1.54) is 52.1 Å². The first kappa shape index (κ1) is 27.9. The lowest BCUT2D eigenvalue weighted by Crippen LogP contribution is -2.01. The zero-order valence-corrected chi connectivity index (χ0v) is 20.7. The molecule has 0 bridgehead atoms. The number of benzene rings is 1. The Hall–Kier alpha value is -1.08. The lowest BCUT2D eigenvalue weighted by Gasteiger charge is -2.11. The largest absolute Gasteiger partial charge is 0.145 e. The summed E-state index contributed by atoms with van der Waals surface area (Å²) in [4.78, 5) is 2.91. The average molecular weight is 417 g/mol. The second kappa shape index (κ2) is 14.0. The Kier molecular flexibility index (Phi) is 13.5. The number of hydrogen-bond acceptors (Lipinski definition) is 1. The third kappa shape index (κ3) is 10.5. The maximum absolute atomic E-state index is 2.34. The van der Waals surface area contributed by atoms with Crippen molar-refractivity contribution in [2.75, 3.05) is 0 Å². The molecule has 1 fully saturated rings. The van der Waals surface area contributed by atoms with E-state index in [1.54, 1.807) is 0 Å². The summed E-state index contributed by atoms with van der Waals surface area (Å²) in [5.41, 5.74) is 4.24. The van der Waals surface area contributed by atoms with Gasteiger partial charge in [-0.1, -0.05) is 98.4 Å². The van der Waals surface area contributed by atoms with Crippen LogP contribution < -0.4 is 0 Å². The van der Waals surface area contributed by atoms with Gasteiger partial charge in [0.25, 0.3) is 0 Å². The van der Waals surface area contributed by atoms with Crippen LogP contribution in [-0.2, 0) is 0 Å². The summed E-state index contributed by atoms with van der Waals surface area (Å²) in [6, 6.07) is 11.1. The van der Waals surface area contributed by atoms with Crippen LogP contribution in [0.15, 0.2) is 30.3 Å². The van der Waals surface area contributed by atoms with Gasteiger partial charge in [-0.25, -0.2) is 0 Å². The molecule has 1 heteroatoms. The Morgan fingerprint density at radius 1 is 0.793 bits per heavy atom. The van der Waals surface area contributed by atoms with Crippen molar-refractivity contribution in [2.24, 2.45) is 11.8 Å². The van der Waals surface area contributed by atoms with Gasteiger partial charge in [-0.3, -0.25) is 0 Å². The van der Waals surface area contributed by atoms with Gasteiger partial charge in [0.2, 0.25) is 0 Å². The second-order valence-electron chi connectivity index (χ2n) is 9.41. The van der Waals surface area contributed by atoms with E-state index < -0.39 is 0 Å². The molecule has 0 spiro atoms. The summed E-state index contributed by atoms with van der Waals surface area (Å²) < 4.78 is 0. The summed E-state index contributed by atoms with van der Waals surface area (Å²) in [5, 5.41) is 0. The Morgan fingerprint density at radius 2 is 1.38 bits per heavy atom. The van der Waals surface area contributed by atoms with Crippen LogP contribution in [0, 0.1) is 32.6 Å². The molecule has 0 N–H and O–H groups in total. The van der Waals surface area contributed by atoms with Crippen molar-refractivity contribution in [3.63, 3.8) is 0 Å². The van der Waals surface area contributed by atoms with Crippen LogP contribution in [0.3, 0.4) is 0 Å². The quantitative estimate of drug-likeness (QED) is 0.467. The van der Waals surface area contributed by atoms with E-state index in [0.717, 1.165) is 11.8 Å². The van der Waals surface area contributed by atoms with Crippen molar-refractivity contribution in [1.29, 1.82) is 0 Å². The van der Waals surface area contributed by atoms with Gasteiger partial charge in [0, 0.05) is 9.75 Å². The van der Waals surface area contributed by atoms with E-state index in [-0.39, 0.29) is 7.43 Å². The molecule has 166 valence electrons. The normalized spacial score (nSPS) is 13.7. The van der Waals surface area contributed by atoms with E-state index >= 15 is 0 Å². The van der Waals surface area contributed by atoms with Gasteiger partial charge < -0.3 is 0 Å². The fourth-order valence-corrected chi connectivity index (χ4v) is 4.74. The van der Waals surface area contributed by atoms with Crippen LogP contribution in [-0.4, -0.2) is 0 Å². The maximum Gasteiger partial charge on any atom is 0.00735 e. The van der Waals surface area contributed by atoms with Crippen molar-refractivity contribution in [2.45, 2.75) is 107 Å². The van der Waals surface area contributed by atoms with Crippen LogP contribution in [0.5, 0.6) is 0 Å². The maximum atomic E-state index is 2.34. The van der Waals surface area contributed by atoms with Crippen LogP contribution in [0.4, 0.5) is 0 Å². The van der Waals surface area contributed by atoms with Crippen molar-refractivity contribution in [1.82, 2.24) is 0 Å². The first-order valence-electron chi connectivity index (χ1n) is 11.2. The van der Waals surface area contributed by atoms with Crippen LogP contribution >= 0.6 is 11.3 Å². The highest BCUT2D eigenvalue weighted by atomic mass is 32.1. The topological polar surface area (TPSA) is 0 Å². The summed E-state index contributed by atoms with van der Waals surface area (Å²) in [6.07, 6.45) is 5.97. The fourth-order valence-electron chi connectivity index (χ4n) is 3.86. The molecule has 0 saturated heterocycles. The minimum absolute atomic E-state index is 0. The molecule has 2 aromatic rings. The fraction of sp³-hybridized carbons (Fsp3) is 0.643. The molecule has 1 aromatic heterocycles. The molecule has 1 saturated carbocycles. The summed E-state index contributed by atoms with van der Waals surface area (Å²) in [5.74, 6) is 3.35. The first-order chi connectivity index (χ1) is 13.1. The molecule has 0 nitrogen and oxygen atoms in total. The van der Waals surface area contributed by atoms with Gasteiger partial charge in [-0.2, -0.15) is 0 Å². The van der Waals surface area contributed by atoms with Gasteiger partial charge in [-0.05, 0) is 67.7 Å². The molecule has 1 aromatic carbocycles. The minimum Gasteiger partial charge on any atom is -0.145 e.